The first kappa shape index (κ1) is 19.7. The van der Waals surface area contributed by atoms with Gasteiger partial charge in [-0.1, -0.05) is 12.1 Å². The molecule has 3 rings (SSSR count). The molecule has 0 heterocycles. The van der Waals surface area contributed by atoms with Gasteiger partial charge in [0.2, 0.25) is 5.91 Å². The number of carbonyl (C=O) groups is 1. The number of hydrogen-bond donors (Lipinski definition) is 1. The van der Waals surface area contributed by atoms with Gasteiger partial charge in [0.15, 0.2) is 0 Å². The lowest BCUT2D eigenvalue weighted by Crippen LogP contribution is -2.49. The van der Waals surface area contributed by atoms with Crippen molar-refractivity contribution in [2.45, 2.75) is 69.2 Å². The number of rotatable bonds is 6. The molecule has 1 amide bonds. The van der Waals surface area contributed by atoms with Gasteiger partial charge in [-0.2, -0.15) is 18.4 Å². The second kappa shape index (κ2) is 7.51. The number of benzene rings is 1. The molecule has 1 aromatic rings. The van der Waals surface area contributed by atoms with Crippen molar-refractivity contribution in [3.63, 3.8) is 0 Å². The molecule has 0 saturated heterocycles. The maximum atomic E-state index is 13.0. The molecule has 2 fully saturated rings. The minimum absolute atomic E-state index is 0.0888. The Labute approximate surface area is 157 Å². The van der Waals surface area contributed by atoms with Crippen LogP contribution in [0.2, 0.25) is 0 Å². The molecule has 2 aliphatic rings. The van der Waals surface area contributed by atoms with E-state index in [0.29, 0.717) is 18.4 Å². The number of nitrogens with one attached hydrogen (secondary N) is 1. The average molecular weight is 379 g/mol. The SMILES string of the molecule is C[C@@H](c1cccc(C(F)(F)F)c1)N(CC(=O)NC1(C#N)CCCC1)C1CC1. The molecule has 0 unspecified atom stereocenters. The Bertz CT molecular complexity index is 731. The number of carbonyl (C=O) groups excluding carboxylic acids is 1. The summed E-state index contributed by atoms with van der Waals surface area (Å²) in [4.78, 5) is 14.5. The van der Waals surface area contributed by atoms with E-state index in [2.05, 4.69) is 11.4 Å². The Kier molecular flexibility index (Phi) is 5.48. The topological polar surface area (TPSA) is 56.1 Å². The highest BCUT2D eigenvalue weighted by molar-refractivity contribution is 5.79. The Morgan fingerprint density at radius 3 is 2.59 bits per heavy atom. The van der Waals surface area contributed by atoms with Crippen LogP contribution >= 0.6 is 0 Å². The van der Waals surface area contributed by atoms with Gasteiger partial charge >= 0.3 is 6.18 Å². The van der Waals surface area contributed by atoms with E-state index in [9.17, 15) is 23.2 Å². The average Bonchev–Trinajstić information content (AvgIpc) is 3.37. The zero-order valence-corrected chi connectivity index (χ0v) is 15.4. The van der Waals surface area contributed by atoms with E-state index in [0.717, 1.165) is 37.8 Å². The van der Waals surface area contributed by atoms with E-state index >= 15 is 0 Å². The van der Waals surface area contributed by atoms with Crippen LogP contribution in [0.4, 0.5) is 13.2 Å². The van der Waals surface area contributed by atoms with E-state index in [1.807, 2.05) is 11.8 Å². The summed E-state index contributed by atoms with van der Waals surface area (Å²) in [5.41, 5.74) is -0.923. The third kappa shape index (κ3) is 4.62. The summed E-state index contributed by atoms with van der Waals surface area (Å²) in [5.74, 6) is -0.232. The van der Waals surface area contributed by atoms with Crippen LogP contribution in [-0.2, 0) is 11.0 Å². The van der Waals surface area contributed by atoms with Crippen LogP contribution < -0.4 is 5.32 Å². The van der Waals surface area contributed by atoms with Gasteiger partial charge in [-0.25, -0.2) is 0 Å². The summed E-state index contributed by atoms with van der Waals surface area (Å²) in [5, 5.41) is 12.3. The number of halogens is 3. The molecule has 27 heavy (non-hydrogen) atoms. The second-order valence-electron chi connectivity index (χ2n) is 7.65. The summed E-state index contributed by atoms with van der Waals surface area (Å²) in [7, 11) is 0. The largest absolute Gasteiger partial charge is 0.416 e. The van der Waals surface area contributed by atoms with Crippen molar-refractivity contribution in [1.82, 2.24) is 10.2 Å². The van der Waals surface area contributed by atoms with Crippen LogP contribution in [0.25, 0.3) is 0 Å². The normalized spacial score (nSPS) is 20.3. The lowest BCUT2D eigenvalue weighted by Gasteiger charge is -2.31. The lowest BCUT2D eigenvalue weighted by molar-refractivity contribution is -0.137. The molecular formula is C20H24F3N3O. The maximum absolute atomic E-state index is 13.0. The quantitative estimate of drug-likeness (QED) is 0.807. The van der Waals surface area contributed by atoms with Crippen molar-refractivity contribution in [3.05, 3.63) is 35.4 Å². The first-order valence-corrected chi connectivity index (χ1v) is 9.39. The van der Waals surface area contributed by atoms with Gasteiger partial charge < -0.3 is 5.32 Å². The number of nitriles is 1. The van der Waals surface area contributed by atoms with E-state index in [1.165, 1.54) is 6.07 Å². The molecule has 1 aromatic carbocycles. The zero-order valence-electron chi connectivity index (χ0n) is 15.4. The molecule has 1 N–H and O–H groups in total. The van der Waals surface area contributed by atoms with E-state index < -0.39 is 17.3 Å². The highest BCUT2D eigenvalue weighted by Gasteiger charge is 2.39. The van der Waals surface area contributed by atoms with Crippen LogP contribution in [0.15, 0.2) is 24.3 Å². The smallest absolute Gasteiger partial charge is 0.337 e. The maximum Gasteiger partial charge on any atom is 0.416 e. The molecular weight excluding hydrogens is 355 g/mol. The van der Waals surface area contributed by atoms with Crippen LogP contribution in [0.5, 0.6) is 0 Å². The van der Waals surface area contributed by atoms with E-state index in [-0.39, 0.29) is 24.5 Å². The highest BCUT2D eigenvalue weighted by atomic mass is 19.4. The van der Waals surface area contributed by atoms with Gasteiger partial charge in [-0.05, 0) is 63.1 Å². The number of hydrogen-bond acceptors (Lipinski definition) is 3. The van der Waals surface area contributed by atoms with Gasteiger partial charge in [-0.15, -0.1) is 0 Å². The van der Waals surface area contributed by atoms with E-state index in [4.69, 9.17) is 0 Å². The fraction of sp³-hybridized carbons (Fsp3) is 0.600. The van der Waals surface area contributed by atoms with Crippen LogP contribution in [0, 0.1) is 11.3 Å². The number of alkyl halides is 3. The van der Waals surface area contributed by atoms with Gasteiger partial charge in [0.05, 0.1) is 18.2 Å². The molecule has 7 heteroatoms. The third-order valence-electron chi connectivity index (χ3n) is 5.59. The Morgan fingerprint density at radius 2 is 2.04 bits per heavy atom. The highest BCUT2D eigenvalue weighted by Crippen LogP contribution is 2.36. The Morgan fingerprint density at radius 1 is 1.37 bits per heavy atom. The molecule has 2 aliphatic carbocycles. The second-order valence-corrected chi connectivity index (χ2v) is 7.65. The molecule has 0 spiro atoms. The Balaban J connectivity index is 1.72. The van der Waals surface area contributed by atoms with Crippen molar-refractivity contribution in [1.29, 1.82) is 5.26 Å². The fourth-order valence-corrected chi connectivity index (χ4v) is 3.87. The summed E-state index contributed by atoms with van der Waals surface area (Å²) >= 11 is 0. The van der Waals surface area contributed by atoms with Crippen LogP contribution in [0.1, 0.15) is 62.6 Å². The minimum Gasteiger partial charge on any atom is -0.337 e. The fourth-order valence-electron chi connectivity index (χ4n) is 3.87. The molecule has 0 bridgehead atoms. The lowest BCUT2D eigenvalue weighted by atomic mass is 9.99. The molecule has 0 radical (unpaired) electrons. The van der Waals surface area contributed by atoms with Crippen molar-refractivity contribution in [2.24, 2.45) is 0 Å². The first-order chi connectivity index (χ1) is 12.7. The summed E-state index contributed by atoms with van der Waals surface area (Å²) in [6, 6.07) is 7.41. The first-order valence-electron chi connectivity index (χ1n) is 9.39. The third-order valence-corrected chi connectivity index (χ3v) is 5.59. The standard InChI is InChI=1S/C20H24F3N3O/c1-14(15-5-4-6-16(11-15)20(21,22)23)26(17-7-8-17)12-18(27)25-19(13-24)9-2-3-10-19/h4-6,11,14,17H,2-3,7-10,12H2,1H3,(H,25,27)/t14-/m0/s1. The molecule has 0 aromatic heterocycles. The van der Waals surface area contributed by atoms with Crippen molar-refractivity contribution >= 4 is 5.91 Å². The van der Waals surface area contributed by atoms with Crippen LogP contribution in [-0.4, -0.2) is 28.9 Å². The molecule has 1 atom stereocenters. The van der Waals surface area contributed by atoms with Gasteiger partial charge in [0, 0.05) is 12.1 Å². The van der Waals surface area contributed by atoms with Crippen molar-refractivity contribution in [3.8, 4) is 6.07 Å². The predicted octanol–water partition coefficient (Wildman–Crippen LogP) is 4.18. The molecule has 146 valence electrons. The predicted molar refractivity (Wildman–Crippen MR) is 94.5 cm³/mol. The van der Waals surface area contributed by atoms with Crippen molar-refractivity contribution in [2.75, 3.05) is 6.54 Å². The van der Waals surface area contributed by atoms with Crippen molar-refractivity contribution < 1.29 is 18.0 Å². The van der Waals surface area contributed by atoms with Gasteiger partial charge in [0.1, 0.15) is 5.54 Å². The molecule has 0 aliphatic heterocycles. The van der Waals surface area contributed by atoms with E-state index in [1.54, 1.807) is 6.07 Å². The van der Waals surface area contributed by atoms with Gasteiger partial charge in [-0.3, -0.25) is 9.69 Å². The number of amides is 1. The van der Waals surface area contributed by atoms with Gasteiger partial charge in [0.25, 0.3) is 0 Å². The zero-order chi connectivity index (χ0) is 19.7. The Hall–Kier alpha value is -2.07. The summed E-state index contributed by atoms with van der Waals surface area (Å²) in [6.07, 6.45) is 0.616. The minimum atomic E-state index is -4.39. The molecule has 2 saturated carbocycles. The number of nitrogens with zero attached hydrogens (tertiary/aromatic N) is 2. The summed E-state index contributed by atoms with van der Waals surface area (Å²) < 4.78 is 39.0. The molecule has 4 nitrogen and oxygen atoms in total. The monoisotopic (exact) mass is 379 g/mol. The van der Waals surface area contributed by atoms with Crippen LogP contribution in [0.3, 0.4) is 0 Å². The summed E-state index contributed by atoms with van der Waals surface area (Å²) in [6.45, 7) is 1.92.